The van der Waals surface area contributed by atoms with E-state index in [-0.39, 0.29) is 0 Å². The van der Waals surface area contributed by atoms with Crippen molar-refractivity contribution in [1.82, 2.24) is 9.13 Å². The van der Waals surface area contributed by atoms with Crippen molar-refractivity contribution in [3.8, 4) is 45.8 Å². The molecule has 9 rings (SSSR count). The number of rotatable bonds is 4. The molecule has 0 atom stereocenters. The van der Waals surface area contributed by atoms with Gasteiger partial charge in [-0.15, -0.1) is 0 Å². The van der Waals surface area contributed by atoms with Gasteiger partial charge in [-0.1, -0.05) is 91.0 Å². The maximum absolute atomic E-state index is 10.3. The molecule has 0 radical (unpaired) electrons. The summed E-state index contributed by atoms with van der Waals surface area (Å²) in [6.45, 7) is 0. The van der Waals surface area contributed by atoms with Gasteiger partial charge in [-0.2, -0.15) is 10.5 Å². The van der Waals surface area contributed by atoms with E-state index in [2.05, 4.69) is 130 Å². The van der Waals surface area contributed by atoms with Crippen LogP contribution in [0, 0.1) is 22.7 Å². The van der Waals surface area contributed by atoms with Gasteiger partial charge >= 0.3 is 0 Å². The third kappa shape index (κ3) is 4.14. The predicted molar refractivity (Wildman–Crippen MR) is 195 cm³/mol. The van der Waals surface area contributed by atoms with E-state index < -0.39 is 0 Å². The molecule has 0 saturated carbocycles. The highest BCUT2D eigenvalue weighted by molar-refractivity contribution is 6.11. The quantitative estimate of drug-likeness (QED) is 0.199. The van der Waals surface area contributed by atoms with Gasteiger partial charge in [0.2, 0.25) is 0 Å². The van der Waals surface area contributed by atoms with Crippen LogP contribution < -0.4 is 0 Å². The molecule has 0 saturated heterocycles. The highest BCUT2D eigenvalue weighted by Gasteiger charge is 2.18. The van der Waals surface area contributed by atoms with Gasteiger partial charge in [-0.05, 0) is 77.9 Å². The van der Waals surface area contributed by atoms with Gasteiger partial charge in [0.25, 0.3) is 0 Å². The maximum Gasteiger partial charge on any atom is 0.0998 e. The molecule has 0 aliphatic rings. The standard InChI is InChI=1S/C44H26N4/c45-27-29-20-23-44-39(24-29)37-15-4-5-16-40(37)47(44)33-11-9-10-30(25-33)31-21-22-32(28-46)38(26-31)36-14-3-8-19-43(36)48-41-17-6-1-12-34(41)35-13-2-7-18-42(35)48/h1-26H. The molecule has 0 aliphatic heterocycles. The van der Waals surface area contributed by atoms with Gasteiger partial charge in [0, 0.05) is 38.4 Å². The van der Waals surface area contributed by atoms with Gasteiger partial charge in [0.1, 0.15) is 0 Å². The summed E-state index contributed by atoms with van der Waals surface area (Å²) in [6, 6.07) is 59.0. The molecule has 4 nitrogen and oxygen atoms in total. The first-order chi connectivity index (χ1) is 23.7. The molecule has 48 heavy (non-hydrogen) atoms. The SMILES string of the molecule is N#Cc1ccc2c(c1)c1ccccc1n2-c1cccc(-c2ccc(C#N)c(-c3ccccc3-n3c4ccccc4c4ccccc43)c2)c1. The van der Waals surface area contributed by atoms with Crippen molar-refractivity contribution in [2.24, 2.45) is 0 Å². The number of nitrogens with zero attached hydrogens (tertiary/aromatic N) is 4. The number of para-hydroxylation sites is 4. The van der Waals surface area contributed by atoms with Gasteiger partial charge in [0.15, 0.2) is 0 Å². The van der Waals surface area contributed by atoms with Crippen LogP contribution in [0.15, 0.2) is 158 Å². The normalized spacial score (nSPS) is 11.3. The average Bonchev–Trinajstić information content (AvgIpc) is 3.67. The molecular weight excluding hydrogens is 585 g/mol. The lowest BCUT2D eigenvalue weighted by atomic mass is 9.93. The molecule has 0 N–H and O–H groups in total. The summed E-state index contributed by atoms with van der Waals surface area (Å²) in [5.74, 6) is 0. The Bertz CT molecular complexity index is 2760. The number of aromatic nitrogens is 2. The van der Waals surface area contributed by atoms with Crippen LogP contribution in [0.25, 0.3) is 77.2 Å². The van der Waals surface area contributed by atoms with Crippen molar-refractivity contribution in [2.45, 2.75) is 0 Å². The lowest BCUT2D eigenvalue weighted by Gasteiger charge is -2.16. The summed E-state index contributed by atoms with van der Waals surface area (Å²) in [6.07, 6.45) is 0. The average molecular weight is 611 g/mol. The fraction of sp³-hybridized carbons (Fsp3) is 0. The molecule has 0 bridgehead atoms. The minimum atomic E-state index is 0.624. The molecule has 0 fully saturated rings. The van der Waals surface area contributed by atoms with E-state index in [1.807, 2.05) is 48.5 Å². The third-order valence-electron chi connectivity index (χ3n) is 9.39. The smallest absolute Gasteiger partial charge is 0.0998 e. The summed E-state index contributed by atoms with van der Waals surface area (Å²) in [4.78, 5) is 0. The van der Waals surface area contributed by atoms with E-state index in [1.165, 1.54) is 10.8 Å². The van der Waals surface area contributed by atoms with Crippen molar-refractivity contribution in [3.63, 3.8) is 0 Å². The Hall–Kier alpha value is -6.88. The number of hydrogen-bond acceptors (Lipinski definition) is 2. The number of fused-ring (bicyclic) bond motifs is 6. The highest BCUT2D eigenvalue weighted by atomic mass is 15.0. The Morgan fingerprint density at radius 2 is 1.00 bits per heavy atom. The zero-order valence-corrected chi connectivity index (χ0v) is 25.8. The van der Waals surface area contributed by atoms with Crippen LogP contribution >= 0.6 is 0 Å². The zero-order chi connectivity index (χ0) is 32.2. The molecule has 0 spiro atoms. The van der Waals surface area contributed by atoms with Gasteiger partial charge in [-0.25, -0.2) is 0 Å². The molecule has 2 aromatic heterocycles. The van der Waals surface area contributed by atoms with Crippen LogP contribution in [0.5, 0.6) is 0 Å². The second-order valence-electron chi connectivity index (χ2n) is 12.0. The monoisotopic (exact) mass is 610 g/mol. The fourth-order valence-electron chi connectivity index (χ4n) is 7.27. The minimum Gasteiger partial charge on any atom is -0.309 e. The lowest BCUT2D eigenvalue weighted by molar-refractivity contribution is 1.18. The first-order valence-electron chi connectivity index (χ1n) is 15.9. The Balaban J connectivity index is 1.23. The largest absolute Gasteiger partial charge is 0.309 e. The van der Waals surface area contributed by atoms with Crippen molar-refractivity contribution in [1.29, 1.82) is 10.5 Å². The van der Waals surface area contributed by atoms with E-state index in [9.17, 15) is 10.5 Å². The number of nitriles is 2. The fourth-order valence-corrected chi connectivity index (χ4v) is 7.27. The number of hydrogen-bond donors (Lipinski definition) is 0. The molecule has 2 heterocycles. The second-order valence-corrected chi connectivity index (χ2v) is 12.0. The summed E-state index contributed by atoms with van der Waals surface area (Å²) in [7, 11) is 0. The third-order valence-corrected chi connectivity index (χ3v) is 9.39. The highest BCUT2D eigenvalue weighted by Crippen LogP contribution is 2.39. The van der Waals surface area contributed by atoms with Crippen molar-refractivity contribution in [3.05, 3.63) is 169 Å². The van der Waals surface area contributed by atoms with Gasteiger partial charge in [0.05, 0.1) is 51.0 Å². The maximum atomic E-state index is 10.3. The van der Waals surface area contributed by atoms with Crippen LogP contribution in [0.1, 0.15) is 11.1 Å². The Morgan fingerprint density at radius 1 is 0.396 bits per heavy atom. The van der Waals surface area contributed by atoms with Crippen LogP contribution in [0.2, 0.25) is 0 Å². The molecule has 0 amide bonds. The second kappa shape index (κ2) is 10.9. The topological polar surface area (TPSA) is 57.4 Å². The van der Waals surface area contributed by atoms with E-state index in [0.29, 0.717) is 11.1 Å². The summed E-state index contributed by atoms with van der Waals surface area (Å²) in [5, 5.41) is 24.5. The molecule has 7 aromatic carbocycles. The molecule has 222 valence electrons. The van der Waals surface area contributed by atoms with Crippen LogP contribution in [-0.2, 0) is 0 Å². The molecular formula is C44H26N4. The minimum absolute atomic E-state index is 0.624. The molecule has 0 aliphatic carbocycles. The van der Waals surface area contributed by atoms with E-state index in [1.54, 1.807) is 0 Å². The first-order valence-corrected chi connectivity index (χ1v) is 15.9. The first kappa shape index (κ1) is 27.4. The number of benzene rings is 7. The molecule has 0 unspecified atom stereocenters. The molecule has 4 heteroatoms. The van der Waals surface area contributed by atoms with Crippen molar-refractivity contribution in [2.75, 3.05) is 0 Å². The van der Waals surface area contributed by atoms with E-state index in [0.717, 1.165) is 66.5 Å². The Labute approximate surface area is 277 Å². The zero-order valence-electron chi connectivity index (χ0n) is 25.8. The van der Waals surface area contributed by atoms with E-state index in [4.69, 9.17) is 0 Å². The van der Waals surface area contributed by atoms with Gasteiger partial charge in [-0.3, -0.25) is 0 Å². The lowest BCUT2D eigenvalue weighted by Crippen LogP contribution is -1.98. The Kier molecular flexibility index (Phi) is 6.22. The predicted octanol–water partition coefficient (Wildman–Crippen LogP) is 11.0. The summed E-state index contributed by atoms with van der Waals surface area (Å²) in [5.41, 5.74) is 11.7. The van der Waals surface area contributed by atoms with Crippen molar-refractivity contribution >= 4 is 43.6 Å². The molecule has 9 aromatic rings. The summed E-state index contributed by atoms with van der Waals surface area (Å²) >= 11 is 0. The van der Waals surface area contributed by atoms with Crippen LogP contribution in [0.4, 0.5) is 0 Å². The van der Waals surface area contributed by atoms with E-state index >= 15 is 0 Å². The Morgan fingerprint density at radius 3 is 1.71 bits per heavy atom. The van der Waals surface area contributed by atoms with Gasteiger partial charge < -0.3 is 9.13 Å². The van der Waals surface area contributed by atoms with Crippen molar-refractivity contribution < 1.29 is 0 Å². The summed E-state index contributed by atoms with van der Waals surface area (Å²) < 4.78 is 4.58. The van der Waals surface area contributed by atoms with Crippen LogP contribution in [0.3, 0.4) is 0 Å². The van der Waals surface area contributed by atoms with Crippen LogP contribution in [-0.4, -0.2) is 9.13 Å².